The number of hydrogen-bond donors (Lipinski definition) is 1. The van der Waals surface area contributed by atoms with E-state index < -0.39 is 10.0 Å². The van der Waals surface area contributed by atoms with E-state index in [1.165, 1.54) is 22.5 Å². The van der Waals surface area contributed by atoms with Crippen LogP contribution in [-0.4, -0.2) is 38.3 Å². The third-order valence-corrected chi connectivity index (χ3v) is 7.55. The molecule has 1 atom stereocenters. The largest absolute Gasteiger partial charge is 0.351 e. The zero-order valence-electron chi connectivity index (χ0n) is 16.6. The van der Waals surface area contributed by atoms with Crippen molar-refractivity contribution in [3.8, 4) is 0 Å². The maximum absolute atomic E-state index is 13.0. The van der Waals surface area contributed by atoms with Gasteiger partial charge < -0.3 is 5.32 Å². The Kier molecular flexibility index (Phi) is 7.33. The Balaban J connectivity index is 1.75. The number of nitrogens with one attached hydrogen (secondary N) is 1. The summed E-state index contributed by atoms with van der Waals surface area (Å²) in [6.45, 7) is 3.49. The van der Waals surface area contributed by atoms with Crippen LogP contribution in [0.5, 0.6) is 0 Å². The van der Waals surface area contributed by atoms with Gasteiger partial charge in [0.2, 0.25) is 10.0 Å². The van der Waals surface area contributed by atoms with Crippen molar-refractivity contribution in [3.63, 3.8) is 0 Å². The molecule has 0 saturated carbocycles. The van der Waals surface area contributed by atoms with Gasteiger partial charge in [-0.1, -0.05) is 61.7 Å². The molecule has 0 aromatic heterocycles. The molecule has 1 amide bonds. The van der Waals surface area contributed by atoms with Gasteiger partial charge in [0.05, 0.1) is 15.5 Å². The first-order chi connectivity index (χ1) is 13.9. The molecule has 5 nitrogen and oxygen atoms in total. The van der Waals surface area contributed by atoms with Crippen molar-refractivity contribution in [2.75, 3.05) is 19.6 Å². The molecular weight excluding hydrogens is 408 g/mol. The number of hydrogen-bond acceptors (Lipinski definition) is 3. The summed E-state index contributed by atoms with van der Waals surface area (Å²) in [6, 6.07) is 14.3. The van der Waals surface area contributed by atoms with Crippen molar-refractivity contribution in [2.24, 2.45) is 0 Å². The van der Waals surface area contributed by atoms with Gasteiger partial charge in [0, 0.05) is 19.6 Å². The van der Waals surface area contributed by atoms with Gasteiger partial charge in [0.1, 0.15) is 0 Å². The molecule has 0 unspecified atom stereocenters. The Hall–Kier alpha value is -1.89. The van der Waals surface area contributed by atoms with E-state index in [4.69, 9.17) is 11.6 Å². The lowest BCUT2D eigenvalue weighted by Gasteiger charge is -2.20. The number of halogens is 1. The van der Waals surface area contributed by atoms with Gasteiger partial charge in [0.15, 0.2) is 0 Å². The molecule has 29 heavy (non-hydrogen) atoms. The van der Waals surface area contributed by atoms with Gasteiger partial charge in [0.25, 0.3) is 5.91 Å². The summed E-state index contributed by atoms with van der Waals surface area (Å²) >= 11 is 6.22. The van der Waals surface area contributed by atoms with E-state index in [1.54, 1.807) is 0 Å². The minimum atomic E-state index is -3.64. The van der Waals surface area contributed by atoms with E-state index >= 15 is 0 Å². The maximum atomic E-state index is 13.0. The van der Waals surface area contributed by atoms with E-state index in [-0.39, 0.29) is 27.3 Å². The number of sulfonamides is 1. The van der Waals surface area contributed by atoms with Crippen molar-refractivity contribution in [1.82, 2.24) is 9.62 Å². The lowest BCUT2D eigenvalue weighted by Crippen LogP contribution is -2.32. The summed E-state index contributed by atoms with van der Waals surface area (Å²) in [5.41, 5.74) is 1.30. The van der Waals surface area contributed by atoms with E-state index in [0.717, 1.165) is 31.2 Å². The van der Waals surface area contributed by atoms with Crippen LogP contribution < -0.4 is 5.32 Å². The van der Waals surface area contributed by atoms with Crippen molar-refractivity contribution < 1.29 is 13.2 Å². The number of carbonyl (C=O) groups is 1. The summed E-state index contributed by atoms with van der Waals surface area (Å²) in [7, 11) is -3.64. The minimum Gasteiger partial charge on any atom is -0.351 e. The fourth-order valence-electron chi connectivity index (χ4n) is 3.51. The van der Waals surface area contributed by atoms with Crippen LogP contribution in [0.1, 0.15) is 54.4 Å². The van der Waals surface area contributed by atoms with Crippen LogP contribution in [0, 0.1) is 0 Å². The lowest BCUT2D eigenvalue weighted by atomic mass is 10.0. The van der Waals surface area contributed by atoms with Crippen LogP contribution in [0.15, 0.2) is 53.4 Å². The molecule has 2 aromatic rings. The zero-order chi connectivity index (χ0) is 20.9. The highest BCUT2D eigenvalue weighted by molar-refractivity contribution is 7.89. The van der Waals surface area contributed by atoms with Crippen LogP contribution >= 0.6 is 11.6 Å². The average Bonchev–Trinajstić information content (AvgIpc) is 3.03. The Labute approximate surface area is 178 Å². The van der Waals surface area contributed by atoms with Crippen molar-refractivity contribution in [2.45, 2.75) is 43.4 Å². The maximum Gasteiger partial charge on any atom is 0.252 e. The molecular formula is C22H27ClN2O3S. The summed E-state index contributed by atoms with van der Waals surface area (Å²) in [4.78, 5) is 12.8. The minimum absolute atomic E-state index is 0.116. The first kappa shape index (κ1) is 21.8. The van der Waals surface area contributed by atoms with Crippen LogP contribution in [0.2, 0.25) is 5.02 Å². The molecule has 1 aliphatic heterocycles. The highest BCUT2D eigenvalue weighted by Crippen LogP contribution is 2.25. The summed E-state index contributed by atoms with van der Waals surface area (Å²) < 4.78 is 27.6. The smallest absolute Gasteiger partial charge is 0.252 e. The van der Waals surface area contributed by atoms with Gasteiger partial charge in [-0.2, -0.15) is 4.31 Å². The fourth-order valence-corrected chi connectivity index (χ4v) is 5.26. The summed E-state index contributed by atoms with van der Waals surface area (Å²) in [5.74, 6) is -0.242. The van der Waals surface area contributed by atoms with Crippen LogP contribution in [-0.2, 0) is 10.0 Å². The Bertz CT molecular complexity index is 940. The monoisotopic (exact) mass is 434 g/mol. The molecule has 3 rings (SSSR count). The topological polar surface area (TPSA) is 66.5 Å². The molecule has 156 valence electrons. The number of nitrogens with zero attached hydrogens (tertiary/aromatic N) is 1. The number of amides is 1. The molecule has 1 fully saturated rings. The first-order valence-corrected chi connectivity index (χ1v) is 11.8. The molecule has 7 heteroatoms. The van der Waals surface area contributed by atoms with Gasteiger partial charge >= 0.3 is 0 Å². The third kappa shape index (κ3) is 5.38. The molecule has 1 saturated heterocycles. The lowest BCUT2D eigenvalue weighted by molar-refractivity contribution is 0.0951. The number of rotatable bonds is 6. The second-order valence-electron chi connectivity index (χ2n) is 7.48. The van der Waals surface area contributed by atoms with Gasteiger partial charge in [-0.15, -0.1) is 0 Å². The van der Waals surface area contributed by atoms with E-state index in [1.807, 2.05) is 37.3 Å². The molecule has 0 aliphatic carbocycles. The normalized spacial score (nSPS) is 16.8. The standard InChI is InChI=1S/C22H27ClN2O3S/c1-17(18-9-5-4-6-10-18)16-24-22(26)20-15-19(11-12-21(20)23)29(27,28)25-13-7-2-3-8-14-25/h4-6,9-12,15,17H,2-3,7-8,13-14,16H2,1H3,(H,24,26)/t17-/m0/s1. The molecule has 1 N–H and O–H groups in total. The van der Waals surface area contributed by atoms with Crippen LogP contribution in [0.4, 0.5) is 0 Å². The summed E-state index contributed by atoms with van der Waals surface area (Å²) in [6.07, 6.45) is 3.80. The van der Waals surface area contributed by atoms with E-state index in [2.05, 4.69) is 5.32 Å². The number of carbonyl (C=O) groups excluding carboxylic acids is 1. The summed E-state index contributed by atoms with van der Waals surface area (Å²) in [5, 5.41) is 3.11. The van der Waals surface area contributed by atoms with Crippen LogP contribution in [0.3, 0.4) is 0 Å². The van der Waals surface area contributed by atoms with Gasteiger partial charge in [-0.3, -0.25) is 4.79 Å². The second kappa shape index (κ2) is 9.74. The fraction of sp³-hybridized carbons (Fsp3) is 0.409. The van der Waals surface area contributed by atoms with E-state index in [9.17, 15) is 13.2 Å². The molecule has 2 aromatic carbocycles. The predicted octanol–water partition coefficient (Wildman–Crippen LogP) is 4.44. The third-order valence-electron chi connectivity index (χ3n) is 5.32. The molecule has 0 radical (unpaired) electrons. The van der Waals surface area contributed by atoms with Gasteiger partial charge in [-0.25, -0.2) is 8.42 Å². The Morgan fingerprint density at radius 2 is 1.72 bits per heavy atom. The average molecular weight is 435 g/mol. The Morgan fingerprint density at radius 1 is 1.07 bits per heavy atom. The Morgan fingerprint density at radius 3 is 2.38 bits per heavy atom. The van der Waals surface area contributed by atoms with Crippen molar-refractivity contribution in [1.29, 1.82) is 0 Å². The number of benzene rings is 2. The van der Waals surface area contributed by atoms with Crippen molar-refractivity contribution in [3.05, 3.63) is 64.7 Å². The van der Waals surface area contributed by atoms with Crippen molar-refractivity contribution >= 4 is 27.5 Å². The first-order valence-electron chi connectivity index (χ1n) is 10.0. The van der Waals surface area contributed by atoms with E-state index in [0.29, 0.717) is 19.6 Å². The van der Waals surface area contributed by atoms with Gasteiger partial charge in [-0.05, 0) is 42.5 Å². The van der Waals surface area contributed by atoms with Crippen LogP contribution in [0.25, 0.3) is 0 Å². The molecule has 0 bridgehead atoms. The quantitative estimate of drug-likeness (QED) is 0.730. The molecule has 1 heterocycles. The zero-order valence-corrected chi connectivity index (χ0v) is 18.2. The molecule has 0 spiro atoms. The SMILES string of the molecule is C[C@@H](CNC(=O)c1cc(S(=O)(=O)N2CCCCCC2)ccc1Cl)c1ccccc1. The second-order valence-corrected chi connectivity index (χ2v) is 9.83. The molecule has 1 aliphatic rings. The predicted molar refractivity (Wildman–Crippen MR) is 116 cm³/mol. The highest BCUT2D eigenvalue weighted by Gasteiger charge is 2.26. The highest BCUT2D eigenvalue weighted by atomic mass is 35.5.